The number of likely N-dealkylation sites (N-methyl/N-ethyl adjacent to an activating group) is 1. The summed E-state index contributed by atoms with van der Waals surface area (Å²) >= 11 is 0. The van der Waals surface area contributed by atoms with Crippen molar-refractivity contribution in [2.24, 2.45) is 5.73 Å². The Balaban J connectivity index is 2.43. The van der Waals surface area contributed by atoms with E-state index in [4.69, 9.17) is 5.73 Å². The number of nitrogens with zero attached hydrogens (tertiary/aromatic N) is 2. The molecule has 7 heteroatoms. The van der Waals surface area contributed by atoms with Gasteiger partial charge in [0.2, 0.25) is 10.0 Å². The van der Waals surface area contributed by atoms with E-state index in [1.54, 1.807) is 20.9 Å². The Hall–Kier alpha value is -0.920. The first-order valence-corrected chi connectivity index (χ1v) is 8.50. The van der Waals surface area contributed by atoms with Gasteiger partial charge in [0, 0.05) is 19.1 Å². The molecule has 0 aliphatic heterocycles. The number of H-pyrrole nitrogens is 1. The third kappa shape index (κ3) is 2.38. The van der Waals surface area contributed by atoms with Gasteiger partial charge in [-0.2, -0.15) is 9.40 Å². The third-order valence-electron chi connectivity index (χ3n) is 4.51. The summed E-state index contributed by atoms with van der Waals surface area (Å²) in [4.78, 5) is 0.290. The molecule has 1 fully saturated rings. The molecule has 1 aliphatic carbocycles. The molecule has 1 heterocycles. The molecule has 0 bridgehead atoms. The van der Waals surface area contributed by atoms with Crippen molar-refractivity contribution >= 4 is 10.0 Å². The summed E-state index contributed by atoms with van der Waals surface area (Å²) in [7, 11) is -1.92. The fraction of sp³-hybridized carbons (Fsp3) is 0.769. The van der Waals surface area contributed by atoms with Gasteiger partial charge in [-0.15, -0.1) is 0 Å². The zero-order valence-electron chi connectivity index (χ0n) is 12.4. The first-order chi connectivity index (χ1) is 9.35. The average molecular weight is 300 g/mol. The quantitative estimate of drug-likeness (QED) is 0.877. The number of sulfonamides is 1. The zero-order chi connectivity index (χ0) is 15.0. The normalized spacial score (nSPS) is 19.4. The zero-order valence-corrected chi connectivity index (χ0v) is 13.3. The van der Waals surface area contributed by atoms with Crippen molar-refractivity contribution in [3.63, 3.8) is 0 Å². The summed E-state index contributed by atoms with van der Waals surface area (Å²) in [5.41, 5.74) is 6.58. The Morgan fingerprint density at radius 1 is 1.30 bits per heavy atom. The SMILES string of the molecule is Cc1n[nH]c(C)c1S(=O)(=O)N(C)C1(CN)CCCCC1. The van der Waals surface area contributed by atoms with Gasteiger partial charge in [-0.25, -0.2) is 8.42 Å². The van der Waals surface area contributed by atoms with Crippen LogP contribution in [0.25, 0.3) is 0 Å². The van der Waals surface area contributed by atoms with E-state index in [-0.39, 0.29) is 0 Å². The number of hydrogen-bond donors (Lipinski definition) is 2. The van der Waals surface area contributed by atoms with E-state index in [2.05, 4.69) is 10.2 Å². The highest BCUT2D eigenvalue weighted by molar-refractivity contribution is 7.89. The highest BCUT2D eigenvalue weighted by Crippen LogP contribution is 2.36. The molecule has 0 amide bonds. The molecule has 0 atom stereocenters. The maximum absolute atomic E-state index is 12.9. The van der Waals surface area contributed by atoms with E-state index < -0.39 is 15.6 Å². The molecule has 20 heavy (non-hydrogen) atoms. The molecule has 114 valence electrons. The molecule has 0 saturated heterocycles. The van der Waals surface area contributed by atoms with Crippen LogP contribution >= 0.6 is 0 Å². The van der Waals surface area contributed by atoms with E-state index in [1.807, 2.05) is 0 Å². The summed E-state index contributed by atoms with van der Waals surface area (Å²) in [6, 6.07) is 0. The number of nitrogens with one attached hydrogen (secondary N) is 1. The fourth-order valence-corrected chi connectivity index (χ4v) is 5.06. The molecule has 1 aliphatic rings. The second kappa shape index (κ2) is 5.46. The molecule has 1 saturated carbocycles. The van der Waals surface area contributed by atoms with Crippen molar-refractivity contribution in [3.8, 4) is 0 Å². The Morgan fingerprint density at radius 2 is 1.90 bits per heavy atom. The monoisotopic (exact) mass is 300 g/mol. The summed E-state index contributed by atoms with van der Waals surface area (Å²) < 4.78 is 27.3. The maximum Gasteiger partial charge on any atom is 0.247 e. The number of aromatic amines is 1. The lowest BCUT2D eigenvalue weighted by molar-refractivity contribution is 0.159. The number of nitrogens with two attached hydrogens (primary N) is 1. The van der Waals surface area contributed by atoms with Crippen LogP contribution in [0.2, 0.25) is 0 Å². The van der Waals surface area contributed by atoms with Gasteiger partial charge < -0.3 is 5.73 Å². The van der Waals surface area contributed by atoms with Gasteiger partial charge >= 0.3 is 0 Å². The lowest BCUT2D eigenvalue weighted by atomic mass is 9.82. The smallest absolute Gasteiger partial charge is 0.247 e. The third-order valence-corrected chi connectivity index (χ3v) is 6.74. The van der Waals surface area contributed by atoms with Gasteiger partial charge in [-0.05, 0) is 26.7 Å². The molecule has 3 N–H and O–H groups in total. The van der Waals surface area contributed by atoms with Crippen LogP contribution in [-0.4, -0.2) is 42.1 Å². The highest BCUT2D eigenvalue weighted by atomic mass is 32.2. The lowest BCUT2D eigenvalue weighted by Gasteiger charge is -2.42. The van der Waals surface area contributed by atoms with Gasteiger partial charge in [0.05, 0.1) is 11.4 Å². The first kappa shape index (κ1) is 15.5. The number of hydrogen-bond acceptors (Lipinski definition) is 4. The Kier molecular flexibility index (Phi) is 4.22. The summed E-state index contributed by atoms with van der Waals surface area (Å²) in [6.45, 7) is 3.80. The molecule has 6 nitrogen and oxygen atoms in total. The molecule has 0 radical (unpaired) electrons. The Morgan fingerprint density at radius 3 is 2.35 bits per heavy atom. The number of aromatic nitrogens is 2. The standard InChI is InChI=1S/C13H24N4O2S/c1-10-12(11(2)16-15-10)20(18,19)17(3)13(9-14)7-5-4-6-8-13/h4-9,14H2,1-3H3,(H,15,16). The second-order valence-electron chi connectivity index (χ2n) is 5.72. The van der Waals surface area contributed by atoms with Crippen LogP contribution < -0.4 is 5.73 Å². The van der Waals surface area contributed by atoms with Crippen LogP contribution in [0.15, 0.2) is 4.90 Å². The van der Waals surface area contributed by atoms with Crippen molar-refractivity contribution in [1.82, 2.24) is 14.5 Å². The van der Waals surface area contributed by atoms with E-state index in [0.717, 1.165) is 32.1 Å². The van der Waals surface area contributed by atoms with Crippen LogP contribution in [-0.2, 0) is 10.0 Å². The van der Waals surface area contributed by atoms with Crippen molar-refractivity contribution in [3.05, 3.63) is 11.4 Å². The molecule has 1 aromatic heterocycles. The lowest BCUT2D eigenvalue weighted by Crippen LogP contribution is -2.55. The van der Waals surface area contributed by atoms with Crippen LogP contribution in [0.4, 0.5) is 0 Å². The van der Waals surface area contributed by atoms with Gasteiger partial charge in [-0.1, -0.05) is 19.3 Å². The molecular formula is C13H24N4O2S. The average Bonchev–Trinajstić information content (AvgIpc) is 2.78. The minimum Gasteiger partial charge on any atom is -0.329 e. The van der Waals surface area contributed by atoms with E-state index >= 15 is 0 Å². The van der Waals surface area contributed by atoms with Crippen molar-refractivity contribution in [2.75, 3.05) is 13.6 Å². The second-order valence-corrected chi connectivity index (χ2v) is 7.63. The Bertz CT molecular complexity index is 554. The molecule has 1 aromatic rings. The minimum absolute atomic E-state index is 0.290. The summed E-state index contributed by atoms with van der Waals surface area (Å²) in [5.74, 6) is 0. The van der Waals surface area contributed by atoms with Crippen molar-refractivity contribution in [2.45, 2.75) is 56.4 Å². The number of rotatable bonds is 4. The summed E-state index contributed by atoms with van der Waals surface area (Å²) in [6.07, 6.45) is 4.87. The van der Waals surface area contributed by atoms with Crippen LogP contribution in [0.3, 0.4) is 0 Å². The predicted molar refractivity (Wildman–Crippen MR) is 77.9 cm³/mol. The minimum atomic E-state index is -3.57. The Labute approximate surface area is 120 Å². The van der Waals surface area contributed by atoms with Gasteiger partial charge in [0.25, 0.3) is 0 Å². The van der Waals surface area contributed by atoms with Crippen molar-refractivity contribution in [1.29, 1.82) is 0 Å². The summed E-state index contributed by atoms with van der Waals surface area (Å²) in [5, 5.41) is 6.74. The van der Waals surface area contributed by atoms with Crippen LogP contribution in [0.1, 0.15) is 43.5 Å². The van der Waals surface area contributed by atoms with Gasteiger partial charge in [0.15, 0.2) is 0 Å². The predicted octanol–water partition coefficient (Wildman–Crippen LogP) is 1.31. The van der Waals surface area contributed by atoms with Crippen LogP contribution in [0, 0.1) is 13.8 Å². The van der Waals surface area contributed by atoms with Crippen molar-refractivity contribution < 1.29 is 8.42 Å². The van der Waals surface area contributed by atoms with Crippen LogP contribution in [0.5, 0.6) is 0 Å². The molecule has 0 unspecified atom stereocenters. The van der Waals surface area contributed by atoms with Gasteiger partial charge in [-0.3, -0.25) is 5.10 Å². The molecule has 0 spiro atoms. The van der Waals surface area contributed by atoms with E-state index in [9.17, 15) is 8.42 Å². The maximum atomic E-state index is 12.9. The number of aryl methyl sites for hydroxylation is 2. The molecular weight excluding hydrogens is 276 g/mol. The van der Waals surface area contributed by atoms with E-state index in [0.29, 0.717) is 22.8 Å². The fourth-order valence-electron chi connectivity index (χ4n) is 3.17. The highest BCUT2D eigenvalue weighted by Gasteiger charge is 2.42. The largest absolute Gasteiger partial charge is 0.329 e. The molecule has 2 rings (SSSR count). The topological polar surface area (TPSA) is 92.1 Å². The van der Waals surface area contributed by atoms with Gasteiger partial charge in [0.1, 0.15) is 4.90 Å². The molecule has 0 aromatic carbocycles. The van der Waals surface area contributed by atoms with E-state index in [1.165, 1.54) is 4.31 Å². The first-order valence-electron chi connectivity index (χ1n) is 7.06.